The van der Waals surface area contributed by atoms with E-state index in [1.54, 1.807) is 18.9 Å². The fourth-order valence-corrected chi connectivity index (χ4v) is 2.26. The lowest BCUT2D eigenvalue weighted by Gasteiger charge is -2.23. The minimum absolute atomic E-state index is 0.0869. The number of likely N-dealkylation sites (N-methyl/N-ethyl adjacent to an activating group) is 1. The van der Waals surface area contributed by atoms with Gasteiger partial charge in [0.05, 0.1) is 6.54 Å². The summed E-state index contributed by atoms with van der Waals surface area (Å²) < 4.78 is 0. The maximum atomic E-state index is 11.7. The topological polar surface area (TPSA) is 69.6 Å². The molecule has 0 radical (unpaired) electrons. The van der Waals surface area contributed by atoms with Gasteiger partial charge in [0.25, 0.3) is 0 Å². The average molecular weight is 256 g/mol. The highest BCUT2D eigenvalue weighted by molar-refractivity contribution is 5.79. The minimum Gasteiger partial charge on any atom is -0.480 e. The van der Waals surface area contributed by atoms with Crippen molar-refractivity contribution in [2.75, 3.05) is 20.1 Å². The summed E-state index contributed by atoms with van der Waals surface area (Å²) in [7, 11) is 1.65. The maximum Gasteiger partial charge on any atom is 0.320 e. The van der Waals surface area contributed by atoms with Crippen LogP contribution in [0.4, 0.5) is 0 Å². The van der Waals surface area contributed by atoms with Gasteiger partial charge in [0.1, 0.15) is 6.04 Å². The zero-order valence-corrected chi connectivity index (χ0v) is 11.3. The predicted octanol–water partition coefficient (Wildman–Crippen LogP) is 1.09. The first-order valence-corrected chi connectivity index (χ1v) is 6.70. The van der Waals surface area contributed by atoms with Crippen molar-refractivity contribution in [3.8, 4) is 0 Å². The monoisotopic (exact) mass is 256 g/mol. The molecule has 0 bridgehead atoms. The number of carbonyl (C=O) groups is 2. The molecule has 0 saturated heterocycles. The summed E-state index contributed by atoms with van der Waals surface area (Å²) >= 11 is 0. The predicted molar refractivity (Wildman–Crippen MR) is 69.3 cm³/mol. The standard InChI is InChI=1S/C13H24N2O3/c1-10(13(17)18)15(2)9-12(16)14-8-11-6-4-3-5-7-11/h10-11H,3-9H2,1-2H3,(H,14,16)(H,17,18). The number of aliphatic carboxylic acids is 1. The van der Waals surface area contributed by atoms with Crippen LogP contribution in [-0.4, -0.2) is 48.1 Å². The summed E-state index contributed by atoms with van der Waals surface area (Å²) in [6.07, 6.45) is 6.22. The summed E-state index contributed by atoms with van der Waals surface area (Å²) in [6.45, 7) is 2.45. The number of hydrogen-bond acceptors (Lipinski definition) is 3. The fraction of sp³-hybridized carbons (Fsp3) is 0.846. The molecule has 1 aliphatic carbocycles. The molecule has 1 amide bonds. The van der Waals surface area contributed by atoms with Gasteiger partial charge in [-0.1, -0.05) is 19.3 Å². The van der Waals surface area contributed by atoms with E-state index in [0.717, 1.165) is 6.54 Å². The molecule has 1 aliphatic rings. The third-order valence-electron chi connectivity index (χ3n) is 3.72. The number of nitrogens with one attached hydrogen (secondary N) is 1. The second-order valence-corrected chi connectivity index (χ2v) is 5.24. The Balaban J connectivity index is 2.22. The molecule has 1 rings (SSSR count). The summed E-state index contributed by atoms with van der Waals surface area (Å²) in [5.74, 6) is -0.390. The molecule has 18 heavy (non-hydrogen) atoms. The smallest absolute Gasteiger partial charge is 0.320 e. The number of carboxylic acids is 1. The van der Waals surface area contributed by atoms with Gasteiger partial charge in [-0.15, -0.1) is 0 Å². The first-order chi connectivity index (χ1) is 8.50. The summed E-state index contributed by atoms with van der Waals surface area (Å²) in [5, 5.41) is 11.7. The van der Waals surface area contributed by atoms with Crippen LogP contribution in [-0.2, 0) is 9.59 Å². The molecule has 104 valence electrons. The number of nitrogens with zero attached hydrogens (tertiary/aromatic N) is 1. The van der Waals surface area contributed by atoms with E-state index in [0.29, 0.717) is 5.92 Å². The van der Waals surface area contributed by atoms with E-state index in [9.17, 15) is 9.59 Å². The zero-order valence-electron chi connectivity index (χ0n) is 11.3. The molecular weight excluding hydrogens is 232 g/mol. The fourth-order valence-electron chi connectivity index (χ4n) is 2.26. The normalized spacial score (nSPS) is 18.6. The molecule has 0 aromatic heterocycles. The molecule has 0 aliphatic heterocycles. The molecule has 5 heteroatoms. The van der Waals surface area contributed by atoms with Gasteiger partial charge in [-0.3, -0.25) is 14.5 Å². The van der Waals surface area contributed by atoms with Gasteiger partial charge in [0.15, 0.2) is 0 Å². The molecule has 0 heterocycles. The second kappa shape index (κ2) is 7.36. The third-order valence-corrected chi connectivity index (χ3v) is 3.72. The molecule has 1 atom stereocenters. The van der Waals surface area contributed by atoms with Crippen molar-refractivity contribution in [2.24, 2.45) is 5.92 Å². The van der Waals surface area contributed by atoms with Gasteiger partial charge in [0.2, 0.25) is 5.91 Å². The van der Waals surface area contributed by atoms with Gasteiger partial charge >= 0.3 is 5.97 Å². The van der Waals surface area contributed by atoms with E-state index >= 15 is 0 Å². The Hall–Kier alpha value is -1.10. The van der Waals surface area contributed by atoms with Gasteiger partial charge in [0, 0.05) is 6.54 Å². The third kappa shape index (κ3) is 5.04. The molecule has 1 fully saturated rings. The second-order valence-electron chi connectivity index (χ2n) is 5.24. The Morgan fingerprint density at radius 2 is 1.94 bits per heavy atom. The molecule has 1 saturated carbocycles. The van der Waals surface area contributed by atoms with E-state index in [1.165, 1.54) is 32.1 Å². The van der Waals surface area contributed by atoms with Crippen molar-refractivity contribution in [2.45, 2.75) is 45.1 Å². The molecule has 0 aromatic rings. The zero-order chi connectivity index (χ0) is 13.5. The minimum atomic E-state index is -0.905. The molecular formula is C13H24N2O3. The number of hydrogen-bond donors (Lipinski definition) is 2. The Bertz CT molecular complexity index is 288. The molecule has 0 spiro atoms. The Kier molecular flexibility index (Phi) is 6.12. The summed E-state index contributed by atoms with van der Waals surface area (Å²) in [6, 6.07) is -0.634. The molecule has 5 nitrogen and oxygen atoms in total. The van der Waals surface area contributed by atoms with Crippen molar-refractivity contribution in [1.29, 1.82) is 0 Å². The van der Waals surface area contributed by atoms with E-state index < -0.39 is 12.0 Å². The molecule has 1 unspecified atom stereocenters. The first-order valence-electron chi connectivity index (χ1n) is 6.70. The maximum absolute atomic E-state index is 11.7. The van der Waals surface area contributed by atoms with Crippen molar-refractivity contribution in [3.05, 3.63) is 0 Å². The van der Waals surface area contributed by atoms with Gasteiger partial charge in [-0.2, -0.15) is 0 Å². The first kappa shape index (κ1) is 15.0. The van der Waals surface area contributed by atoms with Crippen LogP contribution >= 0.6 is 0 Å². The van der Waals surface area contributed by atoms with Crippen LogP contribution in [0.5, 0.6) is 0 Å². The highest BCUT2D eigenvalue weighted by atomic mass is 16.4. The summed E-state index contributed by atoms with van der Waals surface area (Å²) in [5.41, 5.74) is 0. The Morgan fingerprint density at radius 1 is 1.33 bits per heavy atom. The highest BCUT2D eigenvalue weighted by Crippen LogP contribution is 2.22. The average Bonchev–Trinajstić information content (AvgIpc) is 2.36. The highest BCUT2D eigenvalue weighted by Gasteiger charge is 2.20. The van der Waals surface area contributed by atoms with Gasteiger partial charge < -0.3 is 10.4 Å². The van der Waals surface area contributed by atoms with E-state index in [-0.39, 0.29) is 12.5 Å². The van der Waals surface area contributed by atoms with Crippen molar-refractivity contribution < 1.29 is 14.7 Å². The van der Waals surface area contributed by atoms with Crippen LogP contribution in [0.15, 0.2) is 0 Å². The van der Waals surface area contributed by atoms with Crippen LogP contribution in [0.3, 0.4) is 0 Å². The van der Waals surface area contributed by atoms with Gasteiger partial charge in [-0.05, 0) is 32.7 Å². The largest absolute Gasteiger partial charge is 0.480 e. The number of carboxylic acid groups (broad SMARTS) is 1. The van der Waals surface area contributed by atoms with Crippen LogP contribution in [0.1, 0.15) is 39.0 Å². The van der Waals surface area contributed by atoms with Crippen LogP contribution < -0.4 is 5.32 Å². The SMILES string of the molecule is CC(C(=O)O)N(C)CC(=O)NCC1CCCCC1. The Morgan fingerprint density at radius 3 is 2.50 bits per heavy atom. The van der Waals surface area contributed by atoms with E-state index in [2.05, 4.69) is 5.32 Å². The molecule has 2 N–H and O–H groups in total. The number of amides is 1. The van der Waals surface area contributed by atoms with Crippen molar-refractivity contribution in [3.63, 3.8) is 0 Å². The van der Waals surface area contributed by atoms with Crippen LogP contribution in [0.2, 0.25) is 0 Å². The van der Waals surface area contributed by atoms with E-state index in [1.807, 2.05) is 0 Å². The van der Waals surface area contributed by atoms with Crippen molar-refractivity contribution in [1.82, 2.24) is 10.2 Å². The lowest BCUT2D eigenvalue weighted by Crippen LogP contribution is -2.43. The number of rotatable bonds is 6. The van der Waals surface area contributed by atoms with Gasteiger partial charge in [-0.25, -0.2) is 0 Å². The number of carbonyl (C=O) groups excluding carboxylic acids is 1. The lowest BCUT2D eigenvalue weighted by atomic mass is 9.89. The van der Waals surface area contributed by atoms with Crippen LogP contribution in [0.25, 0.3) is 0 Å². The molecule has 0 aromatic carbocycles. The van der Waals surface area contributed by atoms with Crippen LogP contribution in [0, 0.1) is 5.92 Å². The van der Waals surface area contributed by atoms with E-state index in [4.69, 9.17) is 5.11 Å². The summed E-state index contributed by atoms with van der Waals surface area (Å²) in [4.78, 5) is 24.0. The quantitative estimate of drug-likeness (QED) is 0.746. The Labute approximate surface area is 109 Å². The lowest BCUT2D eigenvalue weighted by molar-refractivity contribution is -0.142. The van der Waals surface area contributed by atoms with Crippen molar-refractivity contribution >= 4 is 11.9 Å².